The number of carbonyl (C=O) groups excluding carboxylic acids is 1. The number of anilines is 1. The van der Waals surface area contributed by atoms with Gasteiger partial charge in [-0.3, -0.25) is 9.52 Å². The van der Waals surface area contributed by atoms with Gasteiger partial charge < -0.3 is 4.90 Å². The first kappa shape index (κ1) is 22.5. The van der Waals surface area contributed by atoms with Gasteiger partial charge >= 0.3 is 6.18 Å². The van der Waals surface area contributed by atoms with Gasteiger partial charge in [0.05, 0.1) is 21.7 Å². The van der Waals surface area contributed by atoms with Crippen molar-refractivity contribution in [2.45, 2.75) is 35.2 Å². The summed E-state index contributed by atoms with van der Waals surface area (Å²) in [5.41, 5.74) is -1.42. The van der Waals surface area contributed by atoms with Crippen LogP contribution in [0.3, 0.4) is 0 Å². The maximum absolute atomic E-state index is 13.2. The second kappa shape index (κ2) is 8.89. The molecule has 2 aromatic carbocycles. The third kappa shape index (κ3) is 4.92. The molecule has 1 heterocycles. The lowest BCUT2D eigenvalue weighted by Gasteiger charge is -2.27. The van der Waals surface area contributed by atoms with Crippen molar-refractivity contribution in [1.29, 1.82) is 0 Å². The van der Waals surface area contributed by atoms with Crippen LogP contribution in [0.5, 0.6) is 0 Å². The average molecular weight is 459 g/mol. The third-order valence-electron chi connectivity index (χ3n) is 4.83. The molecule has 0 atom stereocenters. The van der Waals surface area contributed by atoms with Crippen LogP contribution < -0.4 is 4.72 Å². The van der Waals surface area contributed by atoms with E-state index in [0.29, 0.717) is 18.0 Å². The zero-order valence-electron chi connectivity index (χ0n) is 16.2. The molecule has 0 spiro atoms. The zero-order valence-corrected chi connectivity index (χ0v) is 17.8. The number of likely N-dealkylation sites (tertiary alicyclic amines) is 1. The van der Waals surface area contributed by atoms with Gasteiger partial charge in [-0.1, -0.05) is 12.1 Å². The minimum Gasteiger partial charge on any atom is -0.339 e. The Morgan fingerprint density at radius 2 is 1.73 bits per heavy atom. The van der Waals surface area contributed by atoms with Crippen molar-refractivity contribution in [3.63, 3.8) is 0 Å². The van der Waals surface area contributed by atoms with Crippen LogP contribution in [-0.4, -0.2) is 38.6 Å². The molecular weight excluding hydrogens is 437 g/mol. The molecule has 162 valence electrons. The monoisotopic (exact) mass is 458 g/mol. The van der Waals surface area contributed by atoms with Crippen molar-refractivity contribution in [2.24, 2.45) is 0 Å². The van der Waals surface area contributed by atoms with Crippen LogP contribution in [0.4, 0.5) is 18.9 Å². The molecule has 0 bridgehead atoms. The number of amides is 1. The van der Waals surface area contributed by atoms with E-state index in [0.717, 1.165) is 31.4 Å². The number of nitrogens with one attached hydrogen (secondary N) is 1. The molecule has 0 saturated carbocycles. The highest BCUT2D eigenvalue weighted by Gasteiger charge is 2.34. The lowest BCUT2D eigenvalue weighted by atomic mass is 10.1. The van der Waals surface area contributed by atoms with Gasteiger partial charge in [0.1, 0.15) is 0 Å². The van der Waals surface area contributed by atoms with Gasteiger partial charge in [-0.05, 0) is 55.9 Å². The molecular formula is C20H21F3N2O3S2. The summed E-state index contributed by atoms with van der Waals surface area (Å²) in [4.78, 5) is 15.0. The summed E-state index contributed by atoms with van der Waals surface area (Å²) in [6.45, 7) is 1.20. The molecule has 30 heavy (non-hydrogen) atoms. The second-order valence-electron chi connectivity index (χ2n) is 6.86. The van der Waals surface area contributed by atoms with Crippen molar-refractivity contribution in [2.75, 3.05) is 24.1 Å². The summed E-state index contributed by atoms with van der Waals surface area (Å²) in [7, 11) is -4.34. The molecule has 3 rings (SSSR count). The molecule has 1 N–H and O–H groups in total. The number of thioether (sulfide) groups is 1. The smallest absolute Gasteiger partial charge is 0.339 e. The standard InChI is InChI=1S/C20H21F3N2O3S2/c1-29-18-10-9-14(13-15(18)19(26)25-11-5-2-6-12-25)30(27,28)24-17-8-4-3-7-16(17)20(21,22)23/h3-4,7-10,13,24H,2,5-6,11-12H2,1H3. The fourth-order valence-electron chi connectivity index (χ4n) is 3.31. The summed E-state index contributed by atoms with van der Waals surface area (Å²) in [6, 6.07) is 8.39. The first-order chi connectivity index (χ1) is 14.1. The molecule has 1 aliphatic heterocycles. The van der Waals surface area contributed by atoms with E-state index in [1.807, 2.05) is 4.72 Å². The molecule has 5 nitrogen and oxygen atoms in total. The Kier molecular flexibility index (Phi) is 6.66. The Labute approximate surface area is 177 Å². The summed E-state index contributed by atoms with van der Waals surface area (Å²) in [6.07, 6.45) is -0.135. The highest BCUT2D eigenvalue weighted by Crippen LogP contribution is 2.36. The number of hydrogen-bond acceptors (Lipinski definition) is 4. The van der Waals surface area contributed by atoms with Crippen molar-refractivity contribution in [3.05, 3.63) is 53.6 Å². The van der Waals surface area contributed by atoms with Gasteiger partial charge in [-0.25, -0.2) is 8.42 Å². The maximum Gasteiger partial charge on any atom is 0.418 e. The minimum atomic E-state index is -4.71. The molecule has 0 unspecified atom stereocenters. The van der Waals surface area contributed by atoms with Gasteiger partial charge in [0.2, 0.25) is 0 Å². The first-order valence-corrected chi connectivity index (χ1v) is 12.0. The Balaban J connectivity index is 1.96. The Bertz CT molecular complexity index is 1030. The number of para-hydroxylation sites is 1. The van der Waals surface area contributed by atoms with Crippen LogP contribution in [0.2, 0.25) is 0 Å². The van der Waals surface area contributed by atoms with Crippen molar-refractivity contribution in [1.82, 2.24) is 4.90 Å². The van der Waals surface area contributed by atoms with Crippen molar-refractivity contribution >= 4 is 33.4 Å². The SMILES string of the molecule is CSc1ccc(S(=O)(=O)Nc2ccccc2C(F)(F)F)cc1C(=O)N1CCCCC1. The number of benzene rings is 2. The van der Waals surface area contributed by atoms with E-state index >= 15 is 0 Å². The molecule has 0 radical (unpaired) electrons. The Hall–Kier alpha value is -2.20. The molecule has 0 aliphatic carbocycles. The molecule has 1 amide bonds. The van der Waals surface area contributed by atoms with Crippen LogP contribution in [0.15, 0.2) is 52.3 Å². The number of nitrogens with zero attached hydrogens (tertiary/aromatic N) is 1. The predicted molar refractivity (Wildman–Crippen MR) is 110 cm³/mol. The zero-order chi connectivity index (χ0) is 21.9. The van der Waals surface area contributed by atoms with E-state index in [-0.39, 0.29) is 16.4 Å². The number of carbonyl (C=O) groups is 1. The summed E-state index contributed by atoms with van der Waals surface area (Å²) in [5.74, 6) is -0.271. The topological polar surface area (TPSA) is 66.5 Å². The highest BCUT2D eigenvalue weighted by atomic mass is 32.2. The van der Waals surface area contributed by atoms with E-state index in [2.05, 4.69) is 0 Å². The number of rotatable bonds is 5. The molecule has 0 aromatic heterocycles. The fraction of sp³-hybridized carbons (Fsp3) is 0.350. The summed E-state index contributed by atoms with van der Waals surface area (Å²) >= 11 is 1.31. The number of piperidine rings is 1. The minimum absolute atomic E-state index is 0.233. The van der Waals surface area contributed by atoms with E-state index in [4.69, 9.17) is 0 Å². The quantitative estimate of drug-likeness (QED) is 0.651. The van der Waals surface area contributed by atoms with Crippen LogP contribution in [0.1, 0.15) is 35.2 Å². The van der Waals surface area contributed by atoms with Crippen LogP contribution >= 0.6 is 11.8 Å². The van der Waals surface area contributed by atoms with Gasteiger partial charge in [-0.2, -0.15) is 13.2 Å². The van der Waals surface area contributed by atoms with E-state index < -0.39 is 27.5 Å². The largest absolute Gasteiger partial charge is 0.418 e. The molecule has 1 aliphatic rings. The van der Waals surface area contributed by atoms with E-state index in [9.17, 15) is 26.4 Å². The normalized spacial score (nSPS) is 15.1. The number of alkyl halides is 3. The van der Waals surface area contributed by atoms with Gasteiger partial charge in [0, 0.05) is 18.0 Å². The van der Waals surface area contributed by atoms with E-state index in [1.165, 1.54) is 42.1 Å². The van der Waals surface area contributed by atoms with Gasteiger partial charge in [0.25, 0.3) is 15.9 Å². The summed E-state index contributed by atoms with van der Waals surface area (Å²) in [5, 5.41) is 0. The summed E-state index contributed by atoms with van der Waals surface area (Å²) < 4.78 is 67.3. The third-order valence-corrected chi connectivity index (χ3v) is 6.99. The molecule has 2 aromatic rings. The van der Waals surface area contributed by atoms with Crippen LogP contribution in [0.25, 0.3) is 0 Å². The number of hydrogen-bond donors (Lipinski definition) is 1. The molecule has 1 saturated heterocycles. The lowest BCUT2D eigenvalue weighted by molar-refractivity contribution is -0.136. The predicted octanol–water partition coefficient (Wildman–Crippen LogP) is 4.85. The highest BCUT2D eigenvalue weighted by molar-refractivity contribution is 7.98. The van der Waals surface area contributed by atoms with Crippen molar-refractivity contribution < 1.29 is 26.4 Å². The van der Waals surface area contributed by atoms with Crippen LogP contribution in [0, 0.1) is 0 Å². The van der Waals surface area contributed by atoms with Gasteiger partial charge in [-0.15, -0.1) is 11.8 Å². The molecule has 1 fully saturated rings. The fourth-order valence-corrected chi connectivity index (χ4v) is 4.99. The van der Waals surface area contributed by atoms with Crippen LogP contribution in [-0.2, 0) is 16.2 Å². The van der Waals surface area contributed by atoms with Gasteiger partial charge in [0.15, 0.2) is 0 Å². The molecule has 10 heteroatoms. The maximum atomic E-state index is 13.2. The van der Waals surface area contributed by atoms with Crippen molar-refractivity contribution in [3.8, 4) is 0 Å². The Morgan fingerprint density at radius 1 is 1.07 bits per heavy atom. The number of halogens is 3. The first-order valence-electron chi connectivity index (χ1n) is 9.30. The number of sulfonamides is 1. The second-order valence-corrected chi connectivity index (χ2v) is 9.39. The van der Waals surface area contributed by atoms with E-state index in [1.54, 1.807) is 11.2 Å². The Morgan fingerprint density at radius 3 is 2.37 bits per heavy atom. The average Bonchev–Trinajstić information content (AvgIpc) is 2.72. The lowest BCUT2D eigenvalue weighted by Crippen LogP contribution is -2.36.